The number of carbonyl (C=O) groups excluding carboxylic acids is 1. The van der Waals surface area contributed by atoms with Crippen LogP contribution in [0.5, 0.6) is 0 Å². The van der Waals surface area contributed by atoms with Crippen molar-refractivity contribution in [2.75, 3.05) is 20.2 Å². The molecule has 0 saturated carbocycles. The first-order chi connectivity index (χ1) is 4.74. The summed E-state index contributed by atoms with van der Waals surface area (Å²) in [7, 11) is 1.36. The topological polar surface area (TPSA) is 49.8 Å². The predicted octanol–water partition coefficient (Wildman–Crippen LogP) is -0.130. The molecule has 0 aliphatic carbocycles. The Morgan fingerprint density at radius 2 is 2.50 bits per heavy atom. The van der Waals surface area contributed by atoms with Crippen molar-refractivity contribution in [1.82, 2.24) is 5.06 Å². The zero-order chi connectivity index (χ0) is 7.56. The number of hydroxylamine groups is 2. The van der Waals surface area contributed by atoms with E-state index in [-0.39, 0.29) is 11.9 Å². The summed E-state index contributed by atoms with van der Waals surface area (Å²) in [5.41, 5.74) is 0. The van der Waals surface area contributed by atoms with Gasteiger partial charge in [-0.1, -0.05) is 0 Å². The summed E-state index contributed by atoms with van der Waals surface area (Å²) in [6.45, 7) is 0.979. The molecule has 0 bridgehead atoms. The van der Waals surface area contributed by atoms with Crippen LogP contribution in [0.3, 0.4) is 0 Å². The van der Waals surface area contributed by atoms with Gasteiger partial charge in [0, 0.05) is 13.1 Å². The number of rotatable bonds is 1. The molecule has 0 aromatic carbocycles. The van der Waals surface area contributed by atoms with Gasteiger partial charge in [-0.05, 0) is 6.42 Å². The van der Waals surface area contributed by atoms with Crippen LogP contribution in [0, 0.1) is 5.92 Å². The Labute approximate surface area is 59.3 Å². The molecule has 1 unspecified atom stereocenters. The van der Waals surface area contributed by atoms with E-state index in [2.05, 4.69) is 4.74 Å². The van der Waals surface area contributed by atoms with Crippen LogP contribution in [0.1, 0.15) is 6.42 Å². The Kier molecular flexibility index (Phi) is 2.24. The molecule has 0 aromatic rings. The summed E-state index contributed by atoms with van der Waals surface area (Å²) in [5, 5.41) is 10.0. The molecule has 1 aliphatic rings. The highest BCUT2D eigenvalue weighted by Gasteiger charge is 2.27. The van der Waals surface area contributed by atoms with Crippen LogP contribution in [0.4, 0.5) is 0 Å². The molecule has 58 valence electrons. The molecule has 1 atom stereocenters. The second-order valence-corrected chi connectivity index (χ2v) is 2.42. The summed E-state index contributed by atoms with van der Waals surface area (Å²) in [6.07, 6.45) is 0.698. The van der Waals surface area contributed by atoms with E-state index >= 15 is 0 Å². The zero-order valence-electron chi connectivity index (χ0n) is 5.91. The molecule has 10 heavy (non-hydrogen) atoms. The summed E-state index contributed by atoms with van der Waals surface area (Å²) in [6, 6.07) is 0. The number of ether oxygens (including phenoxy) is 1. The van der Waals surface area contributed by atoms with Gasteiger partial charge >= 0.3 is 5.97 Å². The molecule has 1 saturated heterocycles. The van der Waals surface area contributed by atoms with E-state index < -0.39 is 0 Å². The van der Waals surface area contributed by atoms with Gasteiger partial charge in [0.15, 0.2) is 0 Å². The average Bonchev–Trinajstić information content (AvgIpc) is 2.34. The first kappa shape index (κ1) is 7.50. The molecule has 0 spiro atoms. The lowest BCUT2D eigenvalue weighted by Crippen LogP contribution is -2.20. The number of methoxy groups -OCH3 is 1. The molecule has 1 rings (SSSR count). The van der Waals surface area contributed by atoms with E-state index in [1.165, 1.54) is 7.11 Å². The normalized spacial score (nSPS) is 26.8. The van der Waals surface area contributed by atoms with E-state index in [0.29, 0.717) is 19.5 Å². The molecule has 4 nitrogen and oxygen atoms in total. The minimum atomic E-state index is -0.225. The van der Waals surface area contributed by atoms with E-state index in [4.69, 9.17) is 5.21 Å². The SMILES string of the molecule is COC(=O)C1CCN(O)C1. The molecule has 1 heterocycles. The fourth-order valence-electron chi connectivity index (χ4n) is 1.10. The maximum atomic E-state index is 10.8. The van der Waals surface area contributed by atoms with Crippen LogP contribution in [-0.2, 0) is 9.53 Å². The quantitative estimate of drug-likeness (QED) is 0.522. The van der Waals surface area contributed by atoms with Gasteiger partial charge in [0.2, 0.25) is 0 Å². The third-order valence-electron chi connectivity index (χ3n) is 1.70. The van der Waals surface area contributed by atoms with Crippen molar-refractivity contribution in [3.8, 4) is 0 Å². The fourth-order valence-corrected chi connectivity index (χ4v) is 1.10. The Morgan fingerprint density at radius 3 is 2.90 bits per heavy atom. The smallest absolute Gasteiger partial charge is 0.310 e. The molecule has 1 N–H and O–H groups in total. The number of hydrogen-bond acceptors (Lipinski definition) is 4. The largest absolute Gasteiger partial charge is 0.469 e. The van der Waals surface area contributed by atoms with Crippen LogP contribution in [0.15, 0.2) is 0 Å². The standard InChI is InChI=1S/C6H11NO3/c1-10-6(8)5-2-3-7(9)4-5/h5,9H,2-4H2,1H3. The first-order valence-corrected chi connectivity index (χ1v) is 3.25. The molecule has 1 aliphatic heterocycles. The summed E-state index contributed by atoms with van der Waals surface area (Å²) < 4.78 is 4.51. The van der Waals surface area contributed by atoms with E-state index in [1.54, 1.807) is 0 Å². The van der Waals surface area contributed by atoms with Gasteiger partial charge in [0.1, 0.15) is 0 Å². The van der Waals surface area contributed by atoms with Crippen molar-refractivity contribution in [2.45, 2.75) is 6.42 Å². The maximum Gasteiger partial charge on any atom is 0.310 e. The summed E-state index contributed by atoms with van der Waals surface area (Å²) in [5.74, 6) is -0.355. The third kappa shape index (κ3) is 1.46. The summed E-state index contributed by atoms with van der Waals surface area (Å²) >= 11 is 0. The zero-order valence-corrected chi connectivity index (χ0v) is 5.91. The predicted molar refractivity (Wildman–Crippen MR) is 33.5 cm³/mol. The second kappa shape index (κ2) is 2.98. The monoisotopic (exact) mass is 145 g/mol. The minimum Gasteiger partial charge on any atom is -0.469 e. The van der Waals surface area contributed by atoms with Gasteiger partial charge in [-0.3, -0.25) is 4.79 Å². The fraction of sp³-hybridized carbons (Fsp3) is 0.833. The van der Waals surface area contributed by atoms with Crippen LogP contribution in [0.2, 0.25) is 0 Å². The summed E-state index contributed by atoms with van der Waals surface area (Å²) in [4.78, 5) is 10.8. The highest BCUT2D eigenvalue weighted by molar-refractivity contribution is 5.72. The lowest BCUT2D eigenvalue weighted by molar-refractivity contribution is -0.146. The van der Waals surface area contributed by atoms with Crippen molar-refractivity contribution in [1.29, 1.82) is 0 Å². The molecule has 1 fully saturated rings. The Balaban J connectivity index is 2.37. The second-order valence-electron chi connectivity index (χ2n) is 2.42. The van der Waals surface area contributed by atoms with Crippen molar-refractivity contribution in [3.05, 3.63) is 0 Å². The van der Waals surface area contributed by atoms with Crippen molar-refractivity contribution < 1.29 is 14.7 Å². The van der Waals surface area contributed by atoms with Gasteiger partial charge in [-0.2, -0.15) is 5.06 Å². The van der Waals surface area contributed by atoms with Gasteiger partial charge in [0.05, 0.1) is 13.0 Å². The number of carbonyl (C=O) groups is 1. The number of esters is 1. The molecule has 0 amide bonds. The average molecular weight is 145 g/mol. The molecular formula is C6H11NO3. The molecule has 4 heteroatoms. The minimum absolute atomic E-state index is 0.130. The van der Waals surface area contributed by atoms with E-state index in [1.807, 2.05) is 0 Å². The number of nitrogens with zero attached hydrogens (tertiary/aromatic N) is 1. The van der Waals surface area contributed by atoms with Crippen molar-refractivity contribution >= 4 is 5.97 Å². The van der Waals surface area contributed by atoms with E-state index in [9.17, 15) is 4.79 Å². The highest BCUT2D eigenvalue weighted by atomic mass is 16.5. The third-order valence-corrected chi connectivity index (χ3v) is 1.70. The van der Waals surface area contributed by atoms with Crippen LogP contribution in [-0.4, -0.2) is 36.4 Å². The highest BCUT2D eigenvalue weighted by Crippen LogP contribution is 2.14. The Morgan fingerprint density at radius 1 is 1.80 bits per heavy atom. The molecular weight excluding hydrogens is 134 g/mol. The van der Waals surface area contributed by atoms with Gasteiger partial charge in [-0.15, -0.1) is 0 Å². The van der Waals surface area contributed by atoms with Crippen LogP contribution >= 0.6 is 0 Å². The first-order valence-electron chi connectivity index (χ1n) is 3.25. The van der Waals surface area contributed by atoms with Crippen LogP contribution in [0.25, 0.3) is 0 Å². The van der Waals surface area contributed by atoms with Gasteiger partial charge in [0.25, 0.3) is 0 Å². The van der Waals surface area contributed by atoms with Crippen LogP contribution < -0.4 is 0 Å². The van der Waals surface area contributed by atoms with Crippen molar-refractivity contribution in [2.24, 2.45) is 5.92 Å². The molecule has 0 radical (unpaired) electrons. The maximum absolute atomic E-state index is 10.8. The number of hydrogen-bond donors (Lipinski definition) is 1. The Bertz CT molecular complexity index is 137. The van der Waals surface area contributed by atoms with Crippen molar-refractivity contribution in [3.63, 3.8) is 0 Å². The van der Waals surface area contributed by atoms with Gasteiger partial charge < -0.3 is 9.94 Å². The molecule has 0 aromatic heterocycles. The Hall–Kier alpha value is -0.610. The van der Waals surface area contributed by atoms with E-state index in [0.717, 1.165) is 5.06 Å². The van der Waals surface area contributed by atoms with Gasteiger partial charge in [-0.25, -0.2) is 0 Å². The lowest BCUT2D eigenvalue weighted by atomic mass is 10.1. The lowest BCUT2D eigenvalue weighted by Gasteiger charge is -2.05.